The summed E-state index contributed by atoms with van der Waals surface area (Å²) in [6.07, 6.45) is 0. The molecule has 1 aromatic carbocycles. The number of rotatable bonds is 5. The molecule has 7 nitrogen and oxygen atoms in total. The first kappa shape index (κ1) is 19.2. The zero-order chi connectivity index (χ0) is 20.6. The van der Waals surface area contributed by atoms with Crippen LogP contribution in [0.25, 0.3) is 10.9 Å². The van der Waals surface area contributed by atoms with Crippen molar-refractivity contribution in [2.24, 2.45) is 0 Å². The molecule has 0 fully saturated rings. The van der Waals surface area contributed by atoms with Crippen LogP contribution in [0.1, 0.15) is 22.3 Å². The van der Waals surface area contributed by atoms with Gasteiger partial charge in [0.15, 0.2) is 0 Å². The van der Waals surface area contributed by atoms with Crippen molar-refractivity contribution >= 4 is 40.0 Å². The first-order valence-corrected chi connectivity index (χ1v) is 10.2. The third-order valence-corrected chi connectivity index (χ3v) is 6.36. The highest BCUT2D eigenvalue weighted by Gasteiger charge is 2.45. The number of amides is 3. The highest BCUT2D eigenvalue weighted by molar-refractivity contribution is 7.09. The smallest absolute Gasteiger partial charge is 0.271 e. The molecule has 0 radical (unpaired) electrons. The van der Waals surface area contributed by atoms with Gasteiger partial charge in [0.2, 0.25) is 11.8 Å². The quantitative estimate of drug-likeness (QED) is 0.675. The Morgan fingerprint density at radius 3 is 2.72 bits per heavy atom. The van der Waals surface area contributed by atoms with Crippen molar-refractivity contribution in [1.29, 1.82) is 0 Å². The third-order valence-electron chi connectivity index (χ3n) is 5.48. The average molecular weight is 410 g/mol. The van der Waals surface area contributed by atoms with Crippen LogP contribution in [0, 0.1) is 0 Å². The molecule has 0 unspecified atom stereocenters. The minimum absolute atomic E-state index is 0.138. The van der Waals surface area contributed by atoms with Crippen molar-refractivity contribution in [1.82, 2.24) is 20.1 Å². The van der Waals surface area contributed by atoms with Crippen molar-refractivity contribution < 1.29 is 14.4 Å². The topological polar surface area (TPSA) is 83.4 Å². The molecule has 2 N–H and O–H groups in total. The highest BCUT2D eigenvalue weighted by Crippen LogP contribution is 2.31. The van der Waals surface area contributed by atoms with Gasteiger partial charge in [-0.05, 0) is 30.5 Å². The number of carbonyl (C=O) groups is 3. The second-order valence-corrected chi connectivity index (χ2v) is 8.38. The maximum absolute atomic E-state index is 13.0. The van der Waals surface area contributed by atoms with Crippen molar-refractivity contribution in [3.8, 4) is 0 Å². The van der Waals surface area contributed by atoms with E-state index in [0.717, 1.165) is 15.8 Å². The molecule has 0 spiro atoms. The number of benzene rings is 1. The molecular formula is C21H22N4O3S. The summed E-state index contributed by atoms with van der Waals surface area (Å²) in [6, 6.07) is 13.4. The Morgan fingerprint density at radius 1 is 1.17 bits per heavy atom. The molecule has 4 rings (SSSR count). The fourth-order valence-corrected chi connectivity index (χ4v) is 4.25. The van der Waals surface area contributed by atoms with Crippen LogP contribution in [0.3, 0.4) is 0 Å². The lowest BCUT2D eigenvalue weighted by Crippen LogP contribution is -2.63. The number of thiophene rings is 1. The monoisotopic (exact) mass is 410 g/mol. The van der Waals surface area contributed by atoms with Gasteiger partial charge in [0.1, 0.15) is 11.2 Å². The summed E-state index contributed by atoms with van der Waals surface area (Å²) in [5, 5.41) is 8.38. The molecule has 1 aliphatic heterocycles. The molecule has 3 aromatic rings. The number of hydrogen-bond donors (Lipinski definition) is 2. The van der Waals surface area contributed by atoms with Crippen molar-refractivity contribution in [2.75, 3.05) is 13.6 Å². The second-order valence-electron chi connectivity index (χ2n) is 7.35. The van der Waals surface area contributed by atoms with E-state index in [-0.39, 0.29) is 24.3 Å². The van der Waals surface area contributed by atoms with Crippen LogP contribution in [0.15, 0.2) is 47.8 Å². The Bertz CT molecular complexity index is 1090. The van der Waals surface area contributed by atoms with Gasteiger partial charge in [-0.15, -0.1) is 11.3 Å². The number of nitrogens with zero attached hydrogens (tertiary/aromatic N) is 2. The van der Waals surface area contributed by atoms with Gasteiger partial charge in [0, 0.05) is 22.8 Å². The van der Waals surface area contributed by atoms with Gasteiger partial charge in [-0.1, -0.05) is 24.3 Å². The van der Waals surface area contributed by atoms with Crippen molar-refractivity contribution in [3.05, 3.63) is 58.4 Å². The molecule has 1 atom stereocenters. The summed E-state index contributed by atoms with van der Waals surface area (Å²) < 4.78 is 1.88. The van der Waals surface area contributed by atoms with E-state index in [4.69, 9.17) is 0 Å². The highest BCUT2D eigenvalue weighted by atomic mass is 32.1. The van der Waals surface area contributed by atoms with Gasteiger partial charge in [0.25, 0.3) is 5.91 Å². The van der Waals surface area contributed by atoms with E-state index in [1.54, 1.807) is 25.3 Å². The summed E-state index contributed by atoms with van der Waals surface area (Å²) in [7, 11) is 1.62. The molecule has 2 aromatic heterocycles. The van der Waals surface area contributed by atoms with Crippen LogP contribution < -0.4 is 10.6 Å². The number of likely N-dealkylation sites (N-methyl/N-ethyl adjacent to an activating group) is 1. The number of fused-ring (bicyclic) bond motifs is 3. The van der Waals surface area contributed by atoms with Gasteiger partial charge >= 0.3 is 0 Å². The van der Waals surface area contributed by atoms with E-state index in [2.05, 4.69) is 10.6 Å². The Balaban J connectivity index is 1.47. The normalized spacial score (nSPS) is 18.6. The fourth-order valence-electron chi connectivity index (χ4n) is 3.60. The van der Waals surface area contributed by atoms with E-state index in [1.807, 2.05) is 52.4 Å². The maximum atomic E-state index is 13.0. The first-order valence-electron chi connectivity index (χ1n) is 9.34. The molecule has 0 saturated heterocycles. The molecular weight excluding hydrogens is 388 g/mol. The van der Waals surface area contributed by atoms with Gasteiger partial charge in [-0.3, -0.25) is 14.4 Å². The zero-order valence-corrected chi connectivity index (χ0v) is 17.1. The lowest BCUT2D eigenvalue weighted by Gasteiger charge is -2.41. The summed E-state index contributed by atoms with van der Waals surface area (Å²) in [5.74, 6) is -0.845. The molecule has 0 bridgehead atoms. The molecule has 3 heterocycles. The van der Waals surface area contributed by atoms with Crippen molar-refractivity contribution in [3.63, 3.8) is 0 Å². The first-order chi connectivity index (χ1) is 13.9. The Labute approximate surface area is 172 Å². The van der Waals surface area contributed by atoms with E-state index >= 15 is 0 Å². The van der Waals surface area contributed by atoms with Crippen LogP contribution in [-0.4, -0.2) is 46.3 Å². The predicted molar refractivity (Wildman–Crippen MR) is 112 cm³/mol. The molecule has 1 aliphatic rings. The average Bonchev–Trinajstić information content (AvgIpc) is 3.37. The van der Waals surface area contributed by atoms with E-state index in [9.17, 15) is 14.4 Å². The maximum Gasteiger partial charge on any atom is 0.271 e. The van der Waals surface area contributed by atoms with Crippen LogP contribution in [0.5, 0.6) is 0 Å². The van der Waals surface area contributed by atoms with Crippen LogP contribution in [0.4, 0.5) is 0 Å². The van der Waals surface area contributed by atoms with Gasteiger partial charge in [-0.2, -0.15) is 0 Å². The largest absolute Gasteiger partial charge is 0.350 e. The molecule has 150 valence electrons. The van der Waals surface area contributed by atoms with Crippen LogP contribution in [-0.2, 0) is 22.7 Å². The molecule has 0 aliphatic carbocycles. The van der Waals surface area contributed by atoms with Gasteiger partial charge in [0.05, 0.1) is 19.6 Å². The number of carbonyl (C=O) groups excluding carboxylic acids is 3. The summed E-state index contributed by atoms with van der Waals surface area (Å²) in [5.41, 5.74) is 0.379. The van der Waals surface area contributed by atoms with Crippen molar-refractivity contribution in [2.45, 2.75) is 25.6 Å². The Kier molecular flexibility index (Phi) is 4.87. The minimum atomic E-state index is -1.10. The third kappa shape index (κ3) is 3.40. The van der Waals surface area contributed by atoms with Crippen LogP contribution >= 0.6 is 11.3 Å². The Morgan fingerprint density at radius 2 is 1.97 bits per heavy atom. The van der Waals surface area contributed by atoms with Crippen LogP contribution in [0.2, 0.25) is 0 Å². The predicted octanol–water partition coefficient (Wildman–Crippen LogP) is 1.98. The molecule has 29 heavy (non-hydrogen) atoms. The van der Waals surface area contributed by atoms with E-state index < -0.39 is 5.54 Å². The number of para-hydroxylation sites is 1. The lowest BCUT2D eigenvalue weighted by molar-refractivity contribution is -0.134. The Hall–Kier alpha value is -3.13. The van der Waals surface area contributed by atoms with Gasteiger partial charge < -0.3 is 20.1 Å². The SMILES string of the molecule is CN1C(=O)c2cc3ccccc3n2C[C@@]1(C)C(=O)NCC(=O)NCc1cccs1. The standard InChI is InChI=1S/C21H22N4O3S/c1-21(20(28)23-12-18(26)22-11-15-7-5-9-29-15)13-25-16-8-4-3-6-14(16)10-17(25)19(27)24(21)2/h3-10H,11-13H2,1-2H3,(H,22,26)(H,23,28)/t21-/m0/s1. The van der Waals surface area contributed by atoms with Gasteiger partial charge in [-0.25, -0.2) is 0 Å². The molecule has 0 saturated carbocycles. The second kappa shape index (κ2) is 7.36. The number of hydrogen-bond acceptors (Lipinski definition) is 4. The fraction of sp³-hybridized carbons (Fsp3) is 0.286. The number of aromatic nitrogens is 1. The summed E-state index contributed by atoms with van der Waals surface area (Å²) >= 11 is 1.56. The summed E-state index contributed by atoms with van der Waals surface area (Å²) in [6.45, 7) is 2.34. The molecule has 3 amide bonds. The minimum Gasteiger partial charge on any atom is -0.350 e. The van der Waals surface area contributed by atoms with E-state index in [1.165, 1.54) is 4.90 Å². The lowest BCUT2D eigenvalue weighted by atomic mass is 9.95. The number of nitrogens with one attached hydrogen (secondary N) is 2. The zero-order valence-electron chi connectivity index (χ0n) is 16.3. The molecule has 8 heteroatoms. The van der Waals surface area contributed by atoms with E-state index in [0.29, 0.717) is 18.8 Å². The summed E-state index contributed by atoms with van der Waals surface area (Å²) in [4.78, 5) is 40.5.